The van der Waals surface area contributed by atoms with Crippen molar-refractivity contribution < 1.29 is 29.4 Å². The number of carboxylic acid groups (broad SMARTS) is 1. The first kappa shape index (κ1) is 25.0. The minimum Gasteiger partial charge on any atom is -0.480 e. The summed E-state index contributed by atoms with van der Waals surface area (Å²) in [5.41, 5.74) is 6.03. The number of nitrogens with zero attached hydrogens (tertiary/aromatic N) is 1. The number of carbonyl (C=O) groups is 4. The number of aromatic amines is 1. The molecule has 0 aliphatic carbocycles. The van der Waals surface area contributed by atoms with Crippen molar-refractivity contribution in [3.8, 4) is 0 Å². The Labute approximate surface area is 174 Å². The van der Waals surface area contributed by atoms with Gasteiger partial charge in [-0.15, -0.1) is 0 Å². The van der Waals surface area contributed by atoms with Gasteiger partial charge in [-0.1, -0.05) is 20.3 Å². The standard InChI is InChI=1S/C18H30N6O6/c1-4-9(2)15(18(29)30)24-16(27)12(5-11-6-20-8-22-11)23-13(26)7-21-17(28)14(19)10(3)25/h6,8-10,12,14-15,25H,4-5,7,19H2,1-3H3,(H,20,22)(H,21,28)(H,23,26)(H,24,27)(H,29,30). The summed E-state index contributed by atoms with van der Waals surface area (Å²) in [7, 11) is 0. The molecule has 1 rings (SSSR count). The van der Waals surface area contributed by atoms with Gasteiger partial charge in [-0.05, 0) is 12.8 Å². The Morgan fingerprint density at radius 1 is 1.20 bits per heavy atom. The number of aliphatic hydroxyl groups is 1. The second-order valence-corrected chi connectivity index (χ2v) is 7.10. The van der Waals surface area contributed by atoms with Crippen molar-refractivity contribution in [2.75, 3.05) is 6.54 Å². The minimum absolute atomic E-state index is 0.0333. The van der Waals surface area contributed by atoms with Crippen LogP contribution in [-0.2, 0) is 25.6 Å². The van der Waals surface area contributed by atoms with Crippen LogP contribution in [0.25, 0.3) is 0 Å². The summed E-state index contributed by atoms with van der Waals surface area (Å²) < 4.78 is 0. The molecule has 0 saturated carbocycles. The third-order valence-corrected chi connectivity index (χ3v) is 4.65. The van der Waals surface area contributed by atoms with E-state index in [1.807, 2.05) is 0 Å². The van der Waals surface area contributed by atoms with E-state index in [-0.39, 0.29) is 12.3 Å². The van der Waals surface area contributed by atoms with Gasteiger partial charge in [0.2, 0.25) is 17.7 Å². The Balaban J connectivity index is 2.82. The summed E-state index contributed by atoms with van der Waals surface area (Å²) in [5.74, 6) is -3.59. The Hall–Kier alpha value is -2.99. The first-order chi connectivity index (χ1) is 14.1. The van der Waals surface area contributed by atoms with Crippen LogP contribution in [0.15, 0.2) is 12.5 Å². The summed E-state index contributed by atoms with van der Waals surface area (Å²) in [4.78, 5) is 54.9. The fraction of sp³-hybridized carbons (Fsp3) is 0.611. The molecule has 0 aliphatic heterocycles. The van der Waals surface area contributed by atoms with Crippen molar-refractivity contribution in [3.63, 3.8) is 0 Å². The zero-order valence-corrected chi connectivity index (χ0v) is 17.2. The summed E-state index contributed by atoms with van der Waals surface area (Å²) in [6, 6.07) is -3.42. The Morgan fingerprint density at radius 3 is 2.37 bits per heavy atom. The third kappa shape index (κ3) is 7.79. The zero-order valence-electron chi connectivity index (χ0n) is 17.2. The summed E-state index contributed by atoms with van der Waals surface area (Å²) in [6.07, 6.45) is 2.35. The minimum atomic E-state index is -1.20. The quantitative estimate of drug-likeness (QED) is 0.196. The number of hydrogen-bond donors (Lipinski definition) is 7. The van der Waals surface area contributed by atoms with Crippen LogP contribution in [0.1, 0.15) is 32.9 Å². The highest BCUT2D eigenvalue weighted by Gasteiger charge is 2.30. The van der Waals surface area contributed by atoms with Crippen LogP contribution in [0, 0.1) is 5.92 Å². The highest BCUT2D eigenvalue weighted by atomic mass is 16.4. The van der Waals surface area contributed by atoms with Crippen LogP contribution < -0.4 is 21.7 Å². The monoisotopic (exact) mass is 426 g/mol. The number of nitrogens with two attached hydrogens (primary N) is 1. The molecule has 12 heteroatoms. The van der Waals surface area contributed by atoms with E-state index < -0.39 is 54.5 Å². The van der Waals surface area contributed by atoms with Crippen LogP contribution in [0.2, 0.25) is 0 Å². The molecule has 1 aromatic heterocycles. The number of carbonyl (C=O) groups excluding carboxylic acids is 3. The Bertz CT molecular complexity index is 723. The molecule has 0 fully saturated rings. The summed E-state index contributed by atoms with van der Waals surface area (Å²) >= 11 is 0. The SMILES string of the molecule is CCC(C)C(NC(=O)C(Cc1cnc[nH]1)NC(=O)CNC(=O)C(N)C(C)O)C(=O)O. The van der Waals surface area contributed by atoms with Crippen LogP contribution in [-0.4, -0.2) is 74.6 Å². The number of H-pyrrole nitrogens is 1. The lowest BCUT2D eigenvalue weighted by Crippen LogP contribution is -2.56. The van der Waals surface area contributed by atoms with E-state index >= 15 is 0 Å². The molecule has 1 heterocycles. The number of aliphatic carboxylic acids is 1. The maximum absolute atomic E-state index is 12.7. The maximum atomic E-state index is 12.7. The van der Waals surface area contributed by atoms with Crippen LogP contribution in [0.5, 0.6) is 0 Å². The predicted molar refractivity (Wildman–Crippen MR) is 106 cm³/mol. The lowest BCUT2D eigenvalue weighted by atomic mass is 9.98. The second-order valence-electron chi connectivity index (χ2n) is 7.10. The van der Waals surface area contributed by atoms with Gasteiger partial charge in [-0.3, -0.25) is 14.4 Å². The van der Waals surface area contributed by atoms with E-state index in [0.717, 1.165) is 0 Å². The van der Waals surface area contributed by atoms with Gasteiger partial charge in [0.1, 0.15) is 18.1 Å². The average Bonchev–Trinajstić information content (AvgIpc) is 3.21. The fourth-order valence-corrected chi connectivity index (χ4v) is 2.51. The van der Waals surface area contributed by atoms with Gasteiger partial charge in [-0.25, -0.2) is 9.78 Å². The van der Waals surface area contributed by atoms with E-state index in [2.05, 4.69) is 25.9 Å². The molecule has 12 nitrogen and oxygen atoms in total. The number of rotatable bonds is 12. The summed E-state index contributed by atoms with van der Waals surface area (Å²) in [6.45, 7) is 4.37. The van der Waals surface area contributed by atoms with E-state index in [9.17, 15) is 29.4 Å². The summed E-state index contributed by atoms with van der Waals surface area (Å²) in [5, 5.41) is 25.9. The molecule has 0 aromatic carbocycles. The van der Waals surface area contributed by atoms with E-state index in [0.29, 0.717) is 12.1 Å². The lowest BCUT2D eigenvalue weighted by Gasteiger charge is -2.24. The first-order valence-corrected chi connectivity index (χ1v) is 9.57. The highest BCUT2D eigenvalue weighted by molar-refractivity contribution is 5.92. The first-order valence-electron chi connectivity index (χ1n) is 9.57. The molecular weight excluding hydrogens is 396 g/mol. The molecule has 0 aliphatic rings. The average molecular weight is 426 g/mol. The normalized spacial score (nSPS) is 15.9. The molecule has 8 N–H and O–H groups in total. The van der Waals surface area contributed by atoms with E-state index in [4.69, 9.17) is 5.73 Å². The van der Waals surface area contributed by atoms with Crippen LogP contribution >= 0.6 is 0 Å². The maximum Gasteiger partial charge on any atom is 0.326 e. The van der Waals surface area contributed by atoms with Crippen molar-refractivity contribution in [2.45, 2.75) is 57.8 Å². The van der Waals surface area contributed by atoms with E-state index in [1.54, 1.807) is 13.8 Å². The lowest BCUT2D eigenvalue weighted by molar-refractivity contribution is -0.143. The molecule has 0 saturated heterocycles. The molecule has 3 amide bonds. The number of hydrogen-bond acceptors (Lipinski definition) is 7. The van der Waals surface area contributed by atoms with Gasteiger partial charge in [0.25, 0.3) is 0 Å². The molecule has 0 radical (unpaired) electrons. The largest absolute Gasteiger partial charge is 0.480 e. The van der Waals surface area contributed by atoms with Crippen molar-refractivity contribution in [1.29, 1.82) is 0 Å². The second kappa shape index (κ2) is 11.9. The predicted octanol–water partition coefficient (Wildman–Crippen LogP) is -2.12. The molecule has 5 unspecified atom stereocenters. The van der Waals surface area contributed by atoms with Gasteiger partial charge in [0.05, 0.1) is 19.0 Å². The number of aliphatic hydroxyl groups excluding tert-OH is 1. The topological polar surface area (TPSA) is 200 Å². The smallest absolute Gasteiger partial charge is 0.326 e. The van der Waals surface area contributed by atoms with Crippen molar-refractivity contribution in [2.24, 2.45) is 11.7 Å². The number of imidazole rings is 1. The Kier molecular flexibility index (Phi) is 9.92. The van der Waals surface area contributed by atoms with Gasteiger partial charge in [-0.2, -0.15) is 0 Å². The van der Waals surface area contributed by atoms with Gasteiger partial charge < -0.3 is 36.9 Å². The molecule has 30 heavy (non-hydrogen) atoms. The van der Waals surface area contributed by atoms with Gasteiger partial charge in [0, 0.05) is 18.3 Å². The van der Waals surface area contributed by atoms with Gasteiger partial charge >= 0.3 is 5.97 Å². The molecule has 0 bridgehead atoms. The number of amides is 3. The van der Waals surface area contributed by atoms with Gasteiger partial charge in [0.15, 0.2) is 0 Å². The zero-order chi connectivity index (χ0) is 22.8. The fourth-order valence-electron chi connectivity index (χ4n) is 2.51. The highest BCUT2D eigenvalue weighted by Crippen LogP contribution is 2.09. The van der Waals surface area contributed by atoms with Crippen LogP contribution in [0.4, 0.5) is 0 Å². The third-order valence-electron chi connectivity index (χ3n) is 4.65. The Morgan fingerprint density at radius 2 is 1.87 bits per heavy atom. The van der Waals surface area contributed by atoms with Crippen molar-refractivity contribution in [1.82, 2.24) is 25.9 Å². The van der Waals surface area contributed by atoms with Crippen LogP contribution in [0.3, 0.4) is 0 Å². The number of carboxylic acids is 1. The van der Waals surface area contributed by atoms with Crippen molar-refractivity contribution in [3.05, 3.63) is 18.2 Å². The molecular formula is C18H30N6O6. The molecule has 0 spiro atoms. The van der Waals surface area contributed by atoms with E-state index in [1.165, 1.54) is 19.4 Å². The molecule has 1 aromatic rings. The molecule has 5 atom stereocenters. The molecule has 168 valence electrons. The number of nitrogens with one attached hydrogen (secondary N) is 4. The van der Waals surface area contributed by atoms with Crippen molar-refractivity contribution >= 4 is 23.7 Å². The number of aromatic nitrogens is 2.